The lowest BCUT2D eigenvalue weighted by Crippen LogP contribution is -2.40. The predicted octanol–water partition coefficient (Wildman–Crippen LogP) is 0.352. The highest BCUT2D eigenvalue weighted by Crippen LogP contribution is 2.17. The Kier molecular flexibility index (Phi) is 6.17. The van der Waals surface area contributed by atoms with E-state index in [4.69, 9.17) is 9.47 Å². The fraction of sp³-hybridized carbons (Fsp3) is 1.00. The minimum Gasteiger partial charge on any atom is -0.389 e. The Bertz CT molecular complexity index is 158. The summed E-state index contributed by atoms with van der Waals surface area (Å²) in [6.45, 7) is 4.16. The van der Waals surface area contributed by atoms with Crippen LogP contribution in [0.15, 0.2) is 0 Å². The van der Waals surface area contributed by atoms with E-state index in [9.17, 15) is 5.11 Å². The second-order valence-electron chi connectivity index (χ2n) is 4.31. The van der Waals surface area contributed by atoms with Gasteiger partial charge in [0.05, 0.1) is 12.7 Å². The standard InChI is InChI=1S/C11H23NO3/c1-14-8-10-3-5-12(6-4-10)7-11(13)9-15-2/h10-11,13H,3-9H2,1-2H3. The Morgan fingerprint density at radius 1 is 1.27 bits per heavy atom. The maximum atomic E-state index is 9.58. The van der Waals surface area contributed by atoms with Crippen molar-refractivity contribution in [1.82, 2.24) is 4.90 Å². The highest BCUT2D eigenvalue weighted by atomic mass is 16.5. The number of β-amino-alcohol motifs (C(OH)–C–C–N with tert-alkyl or cyclic N) is 1. The maximum Gasteiger partial charge on any atom is 0.0900 e. The van der Waals surface area contributed by atoms with E-state index >= 15 is 0 Å². The third-order valence-corrected chi connectivity index (χ3v) is 2.94. The van der Waals surface area contributed by atoms with Crippen LogP contribution in [0.25, 0.3) is 0 Å². The molecular weight excluding hydrogens is 194 g/mol. The number of methoxy groups -OCH3 is 2. The zero-order valence-electron chi connectivity index (χ0n) is 9.82. The Morgan fingerprint density at radius 2 is 1.93 bits per heavy atom. The fourth-order valence-electron chi connectivity index (χ4n) is 2.11. The molecule has 1 N–H and O–H groups in total. The van der Waals surface area contributed by atoms with Crippen LogP contribution in [0.5, 0.6) is 0 Å². The molecule has 4 heteroatoms. The first-order valence-electron chi connectivity index (χ1n) is 5.64. The maximum absolute atomic E-state index is 9.58. The van der Waals surface area contributed by atoms with Gasteiger partial charge in [-0.15, -0.1) is 0 Å². The van der Waals surface area contributed by atoms with Gasteiger partial charge in [0.15, 0.2) is 0 Å². The number of aliphatic hydroxyl groups excluding tert-OH is 1. The van der Waals surface area contributed by atoms with E-state index in [0.717, 1.165) is 26.2 Å². The van der Waals surface area contributed by atoms with Gasteiger partial charge in [-0.2, -0.15) is 0 Å². The zero-order valence-corrected chi connectivity index (χ0v) is 9.82. The molecule has 15 heavy (non-hydrogen) atoms. The van der Waals surface area contributed by atoms with Crippen molar-refractivity contribution in [2.24, 2.45) is 5.92 Å². The van der Waals surface area contributed by atoms with Crippen molar-refractivity contribution < 1.29 is 14.6 Å². The lowest BCUT2D eigenvalue weighted by molar-refractivity contribution is 0.0235. The lowest BCUT2D eigenvalue weighted by atomic mass is 9.97. The first-order valence-corrected chi connectivity index (χ1v) is 5.64. The number of hydrogen-bond acceptors (Lipinski definition) is 4. The summed E-state index contributed by atoms with van der Waals surface area (Å²) in [4.78, 5) is 2.30. The van der Waals surface area contributed by atoms with Crippen LogP contribution >= 0.6 is 0 Å². The topological polar surface area (TPSA) is 41.9 Å². The summed E-state index contributed by atoms with van der Waals surface area (Å²) < 4.78 is 10.1. The summed E-state index contributed by atoms with van der Waals surface area (Å²) in [7, 11) is 3.38. The molecule has 90 valence electrons. The van der Waals surface area contributed by atoms with Gasteiger partial charge in [0.1, 0.15) is 0 Å². The molecule has 0 aliphatic carbocycles. The van der Waals surface area contributed by atoms with Crippen molar-refractivity contribution >= 4 is 0 Å². The molecule has 0 aromatic heterocycles. The van der Waals surface area contributed by atoms with Gasteiger partial charge in [-0.3, -0.25) is 0 Å². The number of ether oxygens (including phenoxy) is 2. The fourth-order valence-corrected chi connectivity index (χ4v) is 2.11. The second kappa shape index (κ2) is 7.17. The van der Waals surface area contributed by atoms with E-state index in [0.29, 0.717) is 12.5 Å². The van der Waals surface area contributed by atoms with Crippen LogP contribution in [0.3, 0.4) is 0 Å². The van der Waals surface area contributed by atoms with Crippen molar-refractivity contribution in [1.29, 1.82) is 0 Å². The van der Waals surface area contributed by atoms with Gasteiger partial charge in [0.2, 0.25) is 0 Å². The molecule has 1 unspecified atom stereocenters. The normalized spacial score (nSPS) is 21.8. The summed E-state index contributed by atoms with van der Waals surface area (Å²) in [6, 6.07) is 0. The predicted molar refractivity (Wildman–Crippen MR) is 58.9 cm³/mol. The quantitative estimate of drug-likeness (QED) is 0.697. The van der Waals surface area contributed by atoms with E-state index in [2.05, 4.69) is 4.90 Å². The zero-order chi connectivity index (χ0) is 11.1. The number of rotatable bonds is 6. The summed E-state index contributed by atoms with van der Waals surface area (Å²) in [5.74, 6) is 0.700. The second-order valence-corrected chi connectivity index (χ2v) is 4.31. The average molecular weight is 217 g/mol. The van der Waals surface area contributed by atoms with E-state index in [1.165, 1.54) is 12.8 Å². The van der Waals surface area contributed by atoms with Crippen molar-refractivity contribution in [2.45, 2.75) is 18.9 Å². The van der Waals surface area contributed by atoms with E-state index in [-0.39, 0.29) is 6.10 Å². The van der Waals surface area contributed by atoms with Crippen LogP contribution in [0.4, 0.5) is 0 Å². The summed E-state index contributed by atoms with van der Waals surface area (Å²) in [5.41, 5.74) is 0. The van der Waals surface area contributed by atoms with E-state index in [1.807, 2.05) is 0 Å². The van der Waals surface area contributed by atoms with Crippen LogP contribution in [0, 0.1) is 5.92 Å². The summed E-state index contributed by atoms with van der Waals surface area (Å²) in [5, 5.41) is 9.58. The van der Waals surface area contributed by atoms with Crippen molar-refractivity contribution in [3.05, 3.63) is 0 Å². The van der Waals surface area contributed by atoms with Crippen LogP contribution in [-0.2, 0) is 9.47 Å². The van der Waals surface area contributed by atoms with Gasteiger partial charge in [-0.05, 0) is 31.8 Å². The van der Waals surface area contributed by atoms with E-state index in [1.54, 1.807) is 14.2 Å². The minimum absolute atomic E-state index is 0.353. The first-order chi connectivity index (χ1) is 7.26. The van der Waals surface area contributed by atoms with Gasteiger partial charge in [-0.25, -0.2) is 0 Å². The number of piperidine rings is 1. The molecule has 1 rings (SSSR count). The van der Waals surface area contributed by atoms with Gasteiger partial charge < -0.3 is 19.5 Å². The van der Waals surface area contributed by atoms with Gasteiger partial charge >= 0.3 is 0 Å². The molecule has 1 atom stereocenters. The monoisotopic (exact) mass is 217 g/mol. The number of hydrogen-bond donors (Lipinski definition) is 1. The van der Waals surface area contributed by atoms with Gasteiger partial charge in [-0.1, -0.05) is 0 Å². The highest BCUT2D eigenvalue weighted by molar-refractivity contribution is 4.74. The smallest absolute Gasteiger partial charge is 0.0900 e. The molecule has 1 fully saturated rings. The Morgan fingerprint density at radius 3 is 2.47 bits per heavy atom. The molecule has 4 nitrogen and oxygen atoms in total. The molecule has 1 saturated heterocycles. The van der Waals surface area contributed by atoms with Crippen LogP contribution in [0.2, 0.25) is 0 Å². The lowest BCUT2D eigenvalue weighted by Gasteiger charge is -2.32. The van der Waals surface area contributed by atoms with Crippen molar-refractivity contribution in [3.63, 3.8) is 0 Å². The molecule has 0 aromatic rings. The SMILES string of the molecule is COCC(O)CN1CCC(COC)CC1. The van der Waals surface area contributed by atoms with E-state index < -0.39 is 0 Å². The number of aliphatic hydroxyl groups is 1. The molecule has 1 heterocycles. The third kappa shape index (κ3) is 4.93. The summed E-state index contributed by atoms with van der Waals surface area (Å²) >= 11 is 0. The van der Waals surface area contributed by atoms with Crippen LogP contribution in [-0.4, -0.2) is 63.2 Å². The minimum atomic E-state index is -0.353. The average Bonchev–Trinajstić information content (AvgIpc) is 2.22. The van der Waals surface area contributed by atoms with Gasteiger partial charge in [0, 0.05) is 27.4 Å². The largest absolute Gasteiger partial charge is 0.389 e. The molecule has 0 saturated carbocycles. The van der Waals surface area contributed by atoms with Crippen LogP contribution < -0.4 is 0 Å². The highest BCUT2D eigenvalue weighted by Gasteiger charge is 2.20. The third-order valence-electron chi connectivity index (χ3n) is 2.94. The van der Waals surface area contributed by atoms with Crippen molar-refractivity contribution in [2.75, 3.05) is 47.1 Å². The summed E-state index contributed by atoms with van der Waals surface area (Å²) in [6.07, 6.45) is 2.00. The number of nitrogens with zero attached hydrogens (tertiary/aromatic N) is 1. The number of likely N-dealkylation sites (tertiary alicyclic amines) is 1. The van der Waals surface area contributed by atoms with Crippen molar-refractivity contribution in [3.8, 4) is 0 Å². The molecule has 0 bridgehead atoms. The molecular formula is C11H23NO3. The molecule has 1 aliphatic rings. The van der Waals surface area contributed by atoms with Crippen LogP contribution in [0.1, 0.15) is 12.8 Å². The molecule has 0 aromatic carbocycles. The molecule has 0 spiro atoms. The first kappa shape index (κ1) is 12.9. The molecule has 0 amide bonds. The Hall–Kier alpha value is -0.160. The Balaban J connectivity index is 2.14. The molecule has 0 radical (unpaired) electrons. The molecule has 1 aliphatic heterocycles. The van der Waals surface area contributed by atoms with Gasteiger partial charge in [0.25, 0.3) is 0 Å². The Labute approximate surface area is 92.2 Å².